The Hall–Kier alpha value is -1.66. The Bertz CT molecular complexity index is 748. The maximum Gasteiger partial charge on any atom is 0.199 e. The van der Waals surface area contributed by atoms with Crippen LogP contribution in [0.4, 0.5) is 0 Å². The van der Waals surface area contributed by atoms with Crippen molar-refractivity contribution in [2.24, 2.45) is 0 Å². The average molecular weight is 347 g/mol. The molecule has 0 amide bonds. The molecule has 130 valence electrons. The molecule has 0 saturated heterocycles. The number of rotatable bonds is 8. The van der Waals surface area contributed by atoms with Crippen molar-refractivity contribution in [1.82, 2.24) is 19.2 Å². The van der Waals surface area contributed by atoms with Gasteiger partial charge in [0.2, 0.25) is 0 Å². The third-order valence-corrected chi connectivity index (χ3v) is 4.75. The summed E-state index contributed by atoms with van der Waals surface area (Å²) in [5, 5.41) is 4.75. The van der Waals surface area contributed by atoms with Crippen LogP contribution < -0.4 is 4.74 Å². The van der Waals surface area contributed by atoms with Gasteiger partial charge in [-0.15, -0.1) is 0 Å². The van der Waals surface area contributed by atoms with E-state index in [1.807, 2.05) is 16.8 Å². The summed E-state index contributed by atoms with van der Waals surface area (Å²) in [6.07, 6.45) is 2.48. The number of benzene rings is 1. The van der Waals surface area contributed by atoms with Gasteiger partial charge >= 0.3 is 0 Å². The van der Waals surface area contributed by atoms with E-state index in [-0.39, 0.29) is 0 Å². The van der Waals surface area contributed by atoms with Gasteiger partial charge in [0.05, 0.1) is 6.67 Å². The van der Waals surface area contributed by atoms with Gasteiger partial charge in [-0.25, -0.2) is 4.68 Å². The Balaban J connectivity index is 1.55. The first-order chi connectivity index (χ1) is 11.6. The fraction of sp³-hybridized carbons (Fsp3) is 0.556. The lowest BCUT2D eigenvalue weighted by atomic mass is 10.2. The molecule has 0 bridgehead atoms. The largest absolute Gasteiger partial charge is 0.492 e. The summed E-state index contributed by atoms with van der Waals surface area (Å²) in [5.41, 5.74) is 1.21. The summed E-state index contributed by atoms with van der Waals surface area (Å²) in [7, 11) is 2.07. The fourth-order valence-corrected chi connectivity index (χ4v) is 3.14. The number of aromatic nitrogens is 3. The zero-order chi connectivity index (χ0) is 17.1. The number of aryl methyl sites for hydroxylation is 1. The van der Waals surface area contributed by atoms with Crippen LogP contribution in [0.2, 0.25) is 0 Å². The lowest BCUT2D eigenvalue weighted by Gasteiger charge is -2.16. The summed E-state index contributed by atoms with van der Waals surface area (Å²) in [6, 6.07) is 8.14. The molecule has 0 spiro atoms. The molecule has 24 heavy (non-hydrogen) atoms. The van der Waals surface area contributed by atoms with E-state index in [1.54, 1.807) is 0 Å². The molecule has 6 heteroatoms. The van der Waals surface area contributed by atoms with Crippen LogP contribution >= 0.6 is 12.2 Å². The molecule has 1 saturated carbocycles. The smallest absolute Gasteiger partial charge is 0.199 e. The molecule has 0 radical (unpaired) electrons. The summed E-state index contributed by atoms with van der Waals surface area (Å²) in [4.78, 5) is 2.19. The molecule has 2 aromatic rings. The van der Waals surface area contributed by atoms with Crippen molar-refractivity contribution in [3.8, 4) is 5.75 Å². The van der Waals surface area contributed by atoms with E-state index in [9.17, 15) is 0 Å². The highest BCUT2D eigenvalue weighted by molar-refractivity contribution is 7.71. The van der Waals surface area contributed by atoms with Gasteiger partial charge in [-0.3, -0.25) is 4.90 Å². The molecule has 1 aliphatic carbocycles. The van der Waals surface area contributed by atoms with Crippen LogP contribution in [0.25, 0.3) is 0 Å². The first-order valence-corrected chi connectivity index (χ1v) is 9.05. The van der Waals surface area contributed by atoms with Crippen molar-refractivity contribution in [2.45, 2.75) is 45.8 Å². The summed E-state index contributed by atoms with van der Waals surface area (Å²) in [6.45, 7) is 7.27. The van der Waals surface area contributed by atoms with E-state index >= 15 is 0 Å². The maximum absolute atomic E-state index is 5.82. The minimum Gasteiger partial charge on any atom is -0.492 e. The SMILES string of the molecule is CCn1c(C2CC2)nn(CN(C)CCOc2cccc(C)c2)c1=S. The van der Waals surface area contributed by atoms with E-state index in [1.165, 1.54) is 18.4 Å². The molecule has 1 aromatic heterocycles. The van der Waals surface area contributed by atoms with Gasteiger partial charge in [0, 0.05) is 19.0 Å². The van der Waals surface area contributed by atoms with Crippen LogP contribution in [-0.2, 0) is 13.2 Å². The van der Waals surface area contributed by atoms with Gasteiger partial charge in [-0.1, -0.05) is 12.1 Å². The predicted molar refractivity (Wildman–Crippen MR) is 98.0 cm³/mol. The molecule has 1 aliphatic rings. The van der Waals surface area contributed by atoms with Crippen molar-refractivity contribution < 1.29 is 4.74 Å². The average Bonchev–Trinajstić information content (AvgIpc) is 3.34. The second-order valence-corrected chi connectivity index (χ2v) is 6.91. The number of likely N-dealkylation sites (N-methyl/N-ethyl adjacent to an activating group) is 1. The quantitative estimate of drug-likeness (QED) is 0.684. The van der Waals surface area contributed by atoms with Crippen LogP contribution in [0.5, 0.6) is 5.75 Å². The highest BCUT2D eigenvalue weighted by Crippen LogP contribution is 2.39. The van der Waals surface area contributed by atoms with E-state index < -0.39 is 0 Å². The third kappa shape index (κ3) is 4.05. The Labute approximate surface area is 148 Å². The summed E-state index contributed by atoms with van der Waals surface area (Å²) in [5.74, 6) is 2.70. The van der Waals surface area contributed by atoms with E-state index in [0.29, 0.717) is 19.2 Å². The Morgan fingerprint density at radius 1 is 1.38 bits per heavy atom. The molecule has 1 fully saturated rings. The molecular weight excluding hydrogens is 320 g/mol. The second kappa shape index (κ2) is 7.49. The van der Waals surface area contributed by atoms with Crippen LogP contribution in [0.3, 0.4) is 0 Å². The lowest BCUT2D eigenvalue weighted by molar-refractivity contribution is 0.197. The van der Waals surface area contributed by atoms with Crippen LogP contribution in [0.15, 0.2) is 24.3 Å². The van der Waals surface area contributed by atoms with E-state index in [4.69, 9.17) is 22.1 Å². The van der Waals surface area contributed by atoms with Crippen molar-refractivity contribution >= 4 is 12.2 Å². The first kappa shape index (κ1) is 17.2. The normalized spacial score (nSPS) is 14.3. The highest BCUT2D eigenvalue weighted by Gasteiger charge is 2.29. The molecule has 1 aromatic carbocycles. The van der Waals surface area contributed by atoms with Crippen LogP contribution in [-0.4, -0.2) is 39.4 Å². The van der Waals surface area contributed by atoms with E-state index in [2.05, 4.69) is 42.5 Å². The standard InChI is InChI=1S/C18H26N4OS/c1-4-21-17(15-8-9-15)19-22(18(21)24)13-20(3)10-11-23-16-7-5-6-14(2)12-16/h5-7,12,15H,4,8-11,13H2,1-3H3. The topological polar surface area (TPSA) is 35.2 Å². The minimum atomic E-state index is 0.614. The zero-order valence-corrected chi connectivity index (χ0v) is 15.6. The van der Waals surface area contributed by atoms with Crippen LogP contribution in [0, 0.1) is 11.7 Å². The second-order valence-electron chi connectivity index (χ2n) is 6.54. The van der Waals surface area contributed by atoms with Crippen molar-refractivity contribution in [1.29, 1.82) is 0 Å². The number of hydrogen-bond donors (Lipinski definition) is 0. The Kier molecular flexibility index (Phi) is 5.36. The summed E-state index contributed by atoms with van der Waals surface area (Å²) >= 11 is 5.59. The van der Waals surface area contributed by atoms with E-state index in [0.717, 1.165) is 29.4 Å². The first-order valence-electron chi connectivity index (χ1n) is 8.64. The number of ether oxygens (including phenoxy) is 1. The highest BCUT2D eigenvalue weighted by atomic mass is 32.1. The predicted octanol–water partition coefficient (Wildman–Crippen LogP) is 3.59. The number of hydrogen-bond acceptors (Lipinski definition) is 4. The molecule has 0 N–H and O–H groups in total. The molecular formula is C18H26N4OS. The molecule has 0 atom stereocenters. The van der Waals surface area contributed by atoms with Crippen molar-refractivity contribution in [2.75, 3.05) is 20.2 Å². The molecule has 5 nitrogen and oxygen atoms in total. The Morgan fingerprint density at radius 2 is 2.17 bits per heavy atom. The van der Waals surface area contributed by atoms with Gasteiger partial charge in [-0.05, 0) is 63.7 Å². The molecule has 1 heterocycles. The molecule has 0 aliphatic heterocycles. The monoisotopic (exact) mass is 346 g/mol. The minimum absolute atomic E-state index is 0.614. The third-order valence-electron chi connectivity index (χ3n) is 4.32. The van der Waals surface area contributed by atoms with Gasteiger partial charge in [-0.2, -0.15) is 5.10 Å². The van der Waals surface area contributed by atoms with Gasteiger partial charge in [0.15, 0.2) is 4.77 Å². The molecule has 3 rings (SSSR count). The zero-order valence-electron chi connectivity index (χ0n) is 14.7. The van der Waals surface area contributed by atoms with Crippen molar-refractivity contribution in [3.05, 3.63) is 40.4 Å². The summed E-state index contributed by atoms with van der Waals surface area (Å²) < 4.78 is 10.8. The van der Waals surface area contributed by atoms with Crippen LogP contribution in [0.1, 0.15) is 37.1 Å². The molecule has 0 unspecified atom stereocenters. The van der Waals surface area contributed by atoms with Crippen molar-refractivity contribution in [3.63, 3.8) is 0 Å². The number of nitrogens with zero attached hydrogens (tertiary/aromatic N) is 4. The fourth-order valence-electron chi connectivity index (χ4n) is 2.81. The van der Waals surface area contributed by atoms with Gasteiger partial charge < -0.3 is 9.30 Å². The Morgan fingerprint density at radius 3 is 2.83 bits per heavy atom. The maximum atomic E-state index is 5.82. The van der Waals surface area contributed by atoms with Gasteiger partial charge in [0.25, 0.3) is 0 Å². The van der Waals surface area contributed by atoms with Gasteiger partial charge in [0.1, 0.15) is 18.2 Å². The lowest BCUT2D eigenvalue weighted by Crippen LogP contribution is -2.27.